The number of rotatable bonds is 5. The predicted molar refractivity (Wildman–Crippen MR) is 104 cm³/mol. The van der Waals surface area contributed by atoms with E-state index in [0.717, 1.165) is 32.1 Å². The number of aromatic nitrogens is 2. The molecule has 0 saturated heterocycles. The molecule has 0 amide bonds. The van der Waals surface area contributed by atoms with Gasteiger partial charge in [0.2, 0.25) is 0 Å². The zero-order chi connectivity index (χ0) is 18.1. The Hall–Kier alpha value is -2.40. The highest BCUT2D eigenvalue weighted by molar-refractivity contribution is 7.19. The highest BCUT2D eigenvalue weighted by Crippen LogP contribution is 2.31. The lowest BCUT2D eigenvalue weighted by Crippen LogP contribution is -2.04. The van der Waals surface area contributed by atoms with Crippen LogP contribution in [0.3, 0.4) is 0 Å². The second kappa shape index (κ2) is 6.84. The molecule has 0 bridgehead atoms. The molecule has 0 spiro atoms. The number of carboxylic acids is 1. The van der Waals surface area contributed by atoms with Crippen LogP contribution in [0.1, 0.15) is 48.3 Å². The maximum Gasteiger partial charge on any atom is 0.307 e. The van der Waals surface area contributed by atoms with Crippen molar-refractivity contribution >= 4 is 39.2 Å². The minimum absolute atomic E-state index is 0.0365. The molecule has 25 heavy (non-hydrogen) atoms. The predicted octanol–water partition coefficient (Wildman–Crippen LogP) is 5.31. The number of benzene rings is 1. The third-order valence-corrected chi connectivity index (χ3v) is 5.39. The summed E-state index contributed by atoms with van der Waals surface area (Å²) in [6.45, 7) is 8.47. The highest BCUT2D eigenvalue weighted by atomic mass is 32.1. The molecule has 0 saturated carbocycles. The summed E-state index contributed by atoms with van der Waals surface area (Å²) >= 11 is 1.54. The van der Waals surface area contributed by atoms with Crippen LogP contribution >= 0.6 is 11.3 Å². The van der Waals surface area contributed by atoms with Crippen molar-refractivity contribution in [1.82, 2.24) is 9.55 Å². The van der Waals surface area contributed by atoms with Crippen molar-refractivity contribution in [2.75, 3.05) is 0 Å². The molecule has 3 rings (SSSR count). The first kappa shape index (κ1) is 17.4. The molecule has 0 atom stereocenters. The molecule has 0 radical (unpaired) electrons. The first-order valence-electron chi connectivity index (χ1n) is 8.33. The average Bonchev–Trinajstić information content (AvgIpc) is 3.07. The lowest BCUT2D eigenvalue weighted by molar-refractivity contribution is -0.135. The monoisotopic (exact) mass is 354 g/mol. The van der Waals surface area contributed by atoms with Crippen LogP contribution in [-0.2, 0) is 4.79 Å². The van der Waals surface area contributed by atoms with Gasteiger partial charge in [-0.15, -0.1) is 11.3 Å². The van der Waals surface area contributed by atoms with Crippen LogP contribution < -0.4 is 0 Å². The maximum atomic E-state index is 11.4. The zero-order valence-electron chi connectivity index (χ0n) is 14.9. The number of nitrogens with zero attached hydrogens (tertiary/aromatic N) is 2. The Morgan fingerprint density at radius 3 is 2.64 bits per heavy atom. The molecule has 1 N–H and O–H groups in total. The van der Waals surface area contributed by atoms with Gasteiger partial charge in [-0.2, -0.15) is 0 Å². The molecule has 1 aromatic carbocycles. The summed E-state index contributed by atoms with van der Waals surface area (Å²) in [6.07, 6.45) is 1.94. The second-order valence-corrected chi connectivity index (χ2v) is 7.55. The van der Waals surface area contributed by atoms with E-state index in [1.165, 1.54) is 5.69 Å². The summed E-state index contributed by atoms with van der Waals surface area (Å²) in [5.74, 6) is -0.844. The molecule has 0 aliphatic carbocycles. The van der Waals surface area contributed by atoms with E-state index in [0.29, 0.717) is 6.04 Å². The summed E-state index contributed by atoms with van der Waals surface area (Å²) in [6, 6.07) is 10.4. The molecule has 0 aliphatic rings. The third-order valence-electron chi connectivity index (χ3n) is 4.28. The van der Waals surface area contributed by atoms with E-state index in [1.54, 1.807) is 11.3 Å². The molecule has 5 heteroatoms. The lowest BCUT2D eigenvalue weighted by atomic mass is 10.1. The summed E-state index contributed by atoms with van der Waals surface area (Å²) in [7, 11) is 0. The van der Waals surface area contributed by atoms with Crippen LogP contribution in [0.2, 0.25) is 0 Å². The van der Waals surface area contributed by atoms with Gasteiger partial charge >= 0.3 is 5.97 Å². The Labute approximate surface area is 151 Å². The van der Waals surface area contributed by atoms with Gasteiger partial charge in [0.25, 0.3) is 0 Å². The van der Waals surface area contributed by atoms with Crippen molar-refractivity contribution in [3.05, 3.63) is 52.3 Å². The minimum atomic E-state index is -0.844. The van der Waals surface area contributed by atoms with Gasteiger partial charge in [-0.1, -0.05) is 12.1 Å². The Morgan fingerprint density at radius 1 is 1.32 bits per heavy atom. The Balaban J connectivity index is 2.11. The van der Waals surface area contributed by atoms with Gasteiger partial charge in [-0.05, 0) is 63.1 Å². The van der Waals surface area contributed by atoms with Gasteiger partial charge in [0.1, 0.15) is 5.01 Å². The molecule has 0 fully saturated rings. The highest BCUT2D eigenvalue weighted by Gasteiger charge is 2.15. The number of hydrogen-bond acceptors (Lipinski definition) is 3. The summed E-state index contributed by atoms with van der Waals surface area (Å²) in [4.78, 5) is 16.0. The number of aliphatic carboxylic acids is 1. The largest absolute Gasteiger partial charge is 0.481 e. The second-order valence-electron chi connectivity index (χ2n) is 6.52. The first-order valence-corrected chi connectivity index (χ1v) is 9.15. The van der Waals surface area contributed by atoms with Crippen LogP contribution in [0.25, 0.3) is 21.9 Å². The van der Waals surface area contributed by atoms with Crippen molar-refractivity contribution in [1.29, 1.82) is 0 Å². The third kappa shape index (κ3) is 3.51. The molecular formula is C20H22N2O2S. The van der Waals surface area contributed by atoms with Crippen molar-refractivity contribution in [3.63, 3.8) is 0 Å². The van der Waals surface area contributed by atoms with Crippen LogP contribution in [0, 0.1) is 13.8 Å². The fourth-order valence-corrected chi connectivity index (χ4v) is 4.27. The Kier molecular flexibility index (Phi) is 4.77. The van der Waals surface area contributed by atoms with Gasteiger partial charge < -0.3 is 9.67 Å². The molecule has 2 heterocycles. The SMILES string of the molecule is Cc1cc(/C=C(\CC(=O)O)c2nc3ccccc3s2)c(C)n1C(C)C. The van der Waals surface area contributed by atoms with Gasteiger partial charge in [0.15, 0.2) is 0 Å². The summed E-state index contributed by atoms with van der Waals surface area (Å²) in [5.41, 5.74) is 5.04. The first-order chi connectivity index (χ1) is 11.9. The fourth-order valence-electron chi connectivity index (χ4n) is 3.29. The number of carboxylic acid groups (broad SMARTS) is 1. The Morgan fingerprint density at radius 2 is 2.04 bits per heavy atom. The van der Waals surface area contributed by atoms with Gasteiger partial charge in [0.05, 0.1) is 16.6 Å². The number of para-hydroxylation sites is 1. The molecular weight excluding hydrogens is 332 g/mol. The smallest absolute Gasteiger partial charge is 0.307 e. The lowest BCUT2D eigenvalue weighted by Gasteiger charge is -2.13. The number of thiazole rings is 1. The van der Waals surface area contributed by atoms with Crippen LogP contribution in [0.5, 0.6) is 0 Å². The zero-order valence-corrected chi connectivity index (χ0v) is 15.7. The van der Waals surface area contributed by atoms with Crippen LogP contribution in [0.4, 0.5) is 0 Å². The number of fused-ring (bicyclic) bond motifs is 1. The Bertz CT molecular complexity index is 930. The quantitative estimate of drug-likeness (QED) is 0.675. The van der Waals surface area contributed by atoms with E-state index in [-0.39, 0.29) is 6.42 Å². The normalized spacial score (nSPS) is 12.3. The van der Waals surface area contributed by atoms with Crippen molar-refractivity contribution in [3.8, 4) is 0 Å². The fraction of sp³-hybridized carbons (Fsp3) is 0.300. The van der Waals surface area contributed by atoms with Crippen LogP contribution in [-0.4, -0.2) is 20.6 Å². The van der Waals surface area contributed by atoms with Crippen molar-refractivity contribution < 1.29 is 9.90 Å². The molecule has 0 unspecified atom stereocenters. The van der Waals surface area contributed by atoms with Crippen LogP contribution in [0.15, 0.2) is 30.3 Å². The molecule has 3 aromatic rings. The molecule has 2 aromatic heterocycles. The van der Waals surface area contributed by atoms with Gasteiger partial charge in [-0.25, -0.2) is 4.98 Å². The van der Waals surface area contributed by atoms with E-state index >= 15 is 0 Å². The average molecular weight is 354 g/mol. The van der Waals surface area contributed by atoms with Gasteiger partial charge in [-0.3, -0.25) is 4.79 Å². The molecule has 130 valence electrons. The summed E-state index contributed by atoms with van der Waals surface area (Å²) in [5, 5.41) is 10.1. The summed E-state index contributed by atoms with van der Waals surface area (Å²) < 4.78 is 3.34. The maximum absolute atomic E-state index is 11.4. The molecule has 4 nitrogen and oxygen atoms in total. The topological polar surface area (TPSA) is 55.1 Å². The van der Waals surface area contributed by atoms with Crippen molar-refractivity contribution in [2.45, 2.75) is 40.2 Å². The van der Waals surface area contributed by atoms with E-state index in [2.05, 4.69) is 43.3 Å². The van der Waals surface area contributed by atoms with Gasteiger partial charge in [0, 0.05) is 17.4 Å². The van der Waals surface area contributed by atoms with E-state index in [9.17, 15) is 9.90 Å². The van der Waals surface area contributed by atoms with E-state index < -0.39 is 5.97 Å². The molecule has 0 aliphatic heterocycles. The number of aryl methyl sites for hydroxylation is 1. The van der Waals surface area contributed by atoms with E-state index in [1.807, 2.05) is 30.3 Å². The standard InChI is InChI=1S/C20H22N2O2S/c1-12(2)22-13(3)9-15(14(22)4)10-16(11-19(23)24)20-21-17-7-5-6-8-18(17)25-20/h5-10,12H,11H2,1-4H3,(H,23,24)/b16-10+. The number of hydrogen-bond donors (Lipinski definition) is 1. The van der Waals surface area contributed by atoms with Crippen molar-refractivity contribution in [2.24, 2.45) is 0 Å². The number of carbonyl (C=O) groups is 1. The minimum Gasteiger partial charge on any atom is -0.481 e. The van der Waals surface area contributed by atoms with E-state index in [4.69, 9.17) is 0 Å².